The number of benzene rings is 1. The van der Waals surface area contributed by atoms with Gasteiger partial charge in [-0.1, -0.05) is 5.21 Å². The van der Waals surface area contributed by atoms with Gasteiger partial charge in [-0.15, -0.1) is 5.10 Å². The second-order valence-electron chi connectivity index (χ2n) is 6.80. The third kappa shape index (κ3) is 3.08. The average molecular weight is 351 g/mol. The largest absolute Gasteiger partial charge is 0.347 e. The van der Waals surface area contributed by atoms with Crippen molar-refractivity contribution >= 4 is 5.91 Å². The molecule has 26 heavy (non-hydrogen) atoms. The molecule has 0 unspecified atom stereocenters. The first-order valence-corrected chi connectivity index (χ1v) is 8.50. The number of aromatic nitrogens is 4. The molecule has 0 bridgehead atoms. The van der Waals surface area contributed by atoms with Crippen LogP contribution < -0.4 is 5.32 Å². The van der Waals surface area contributed by atoms with Gasteiger partial charge in [0.15, 0.2) is 5.82 Å². The zero-order chi connectivity index (χ0) is 18.1. The molecule has 4 rings (SSSR count). The van der Waals surface area contributed by atoms with Crippen LogP contribution >= 0.6 is 0 Å². The van der Waals surface area contributed by atoms with Crippen LogP contribution in [0.2, 0.25) is 0 Å². The smallest absolute Gasteiger partial charge is 0.251 e. The van der Waals surface area contributed by atoms with Crippen molar-refractivity contribution in [1.29, 1.82) is 0 Å². The van der Waals surface area contributed by atoms with Gasteiger partial charge in [0.1, 0.15) is 11.4 Å². The SMILES string of the molecule is CC1(NC(=O)c2ccc(-n3cc(-c4ncccc4F)nn3)cc2)CCC1. The predicted molar refractivity (Wildman–Crippen MR) is 94.3 cm³/mol. The summed E-state index contributed by atoms with van der Waals surface area (Å²) in [6.45, 7) is 2.07. The number of carbonyl (C=O) groups is 1. The highest BCUT2D eigenvalue weighted by Gasteiger charge is 2.33. The van der Waals surface area contributed by atoms with Gasteiger partial charge >= 0.3 is 0 Å². The Bertz CT molecular complexity index is 947. The number of nitrogens with zero attached hydrogens (tertiary/aromatic N) is 4. The van der Waals surface area contributed by atoms with E-state index in [0.29, 0.717) is 11.3 Å². The van der Waals surface area contributed by atoms with Crippen LogP contribution in [0.3, 0.4) is 0 Å². The molecule has 0 atom stereocenters. The van der Waals surface area contributed by atoms with E-state index < -0.39 is 5.82 Å². The van der Waals surface area contributed by atoms with Gasteiger partial charge in [-0.05, 0) is 62.6 Å². The number of amides is 1. The number of pyridine rings is 1. The van der Waals surface area contributed by atoms with Crippen LogP contribution in [0.5, 0.6) is 0 Å². The van der Waals surface area contributed by atoms with E-state index in [4.69, 9.17) is 0 Å². The van der Waals surface area contributed by atoms with Gasteiger partial charge in [-0.25, -0.2) is 9.07 Å². The zero-order valence-corrected chi connectivity index (χ0v) is 14.3. The number of rotatable bonds is 4. The Hall–Kier alpha value is -3.09. The molecule has 2 heterocycles. The number of carbonyl (C=O) groups excluding carboxylic acids is 1. The first-order valence-electron chi connectivity index (χ1n) is 8.50. The minimum Gasteiger partial charge on any atom is -0.347 e. The Kier molecular flexibility index (Phi) is 3.99. The molecule has 0 aliphatic heterocycles. The number of hydrogen-bond donors (Lipinski definition) is 1. The average Bonchev–Trinajstić information content (AvgIpc) is 3.11. The van der Waals surface area contributed by atoms with E-state index in [0.717, 1.165) is 24.9 Å². The van der Waals surface area contributed by atoms with Crippen molar-refractivity contribution in [3.63, 3.8) is 0 Å². The Balaban J connectivity index is 1.52. The first kappa shape index (κ1) is 16.4. The zero-order valence-electron chi connectivity index (χ0n) is 14.3. The molecule has 1 fully saturated rings. The topological polar surface area (TPSA) is 72.7 Å². The molecule has 1 aromatic carbocycles. The summed E-state index contributed by atoms with van der Waals surface area (Å²) in [6.07, 6.45) is 6.30. The maximum Gasteiger partial charge on any atom is 0.251 e. The Labute approximate surface area is 150 Å². The molecule has 2 aromatic heterocycles. The molecule has 6 nitrogen and oxygen atoms in total. The molecule has 0 saturated heterocycles. The Morgan fingerprint density at radius 3 is 2.65 bits per heavy atom. The molecule has 7 heteroatoms. The van der Waals surface area contributed by atoms with Crippen molar-refractivity contribution in [2.45, 2.75) is 31.7 Å². The molecule has 0 radical (unpaired) electrons. The minimum atomic E-state index is -0.448. The number of hydrogen-bond acceptors (Lipinski definition) is 4. The summed E-state index contributed by atoms with van der Waals surface area (Å²) in [5.74, 6) is -0.523. The highest BCUT2D eigenvalue weighted by molar-refractivity contribution is 5.94. The van der Waals surface area contributed by atoms with Crippen molar-refractivity contribution < 1.29 is 9.18 Å². The van der Waals surface area contributed by atoms with Crippen LogP contribution in [-0.4, -0.2) is 31.4 Å². The van der Waals surface area contributed by atoms with E-state index in [1.165, 1.54) is 23.0 Å². The van der Waals surface area contributed by atoms with Crippen molar-refractivity contribution in [3.8, 4) is 17.1 Å². The van der Waals surface area contributed by atoms with E-state index in [9.17, 15) is 9.18 Å². The quantitative estimate of drug-likeness (QED) is 0.784. The Morgan fingerprint density at radius 2 is 2.00 bits per heavy atom. The van der Waals surface area contributed by atoms with E-state index >= 15 is 0 Å². The fourth-order valence-corrected chi connectivity index (χ4v) is 3.02. The summed E-state index contributed by atoms with van der Waals surface area (Å²) < 4.78 is 15.3. The van der Waals surface area contributed by atoms with Gasteiger partial charge in [0, 0.05) is 17.3 Å². The van der Waals surface area contributed by atoms with Gasteiger partial charge in [-0.3, -0.25) is 9.78 Å². The van der Waals surface area contributed by atoms with E-state index in [2.05, 4.69) is 27.5 Å². The summed E-state index contributed by atoms with van der Waals surface area (Å²) in [4.78, 5) is 16.3. The van der Waals surface area contributed by atoms with Crippen LogP contribution in [0.15, 0.2) is 48.8 Å². The molecule has 1 saturated carbocycles. The summed E-state index contributed by atoms with van der Waals surface area (Å²) in [5, 5.41) is 11.1. The van der Waals surface area contributed by atoms with Crippen LogP contribution in [0, 0.1) is 5.82 Å². The van der Waals surface area contributed by atoms with Gasteiger partial charge < -0.3 is 5.32 Å². The molecule has 0 spiro atoms. The van der Waals surface area contributed by atoms with Crippen LogP contribution in [0.1, 0.15) is 36.5 Å². The minimum absolute atomic E-state index is 0.0754. The maximum atomic E-state index is 13.8. The second kappa shape index (κ2) is 6.33. The van der Waals surface area contributed by atoms with Gasteiger partial charge in [-0.2, -0.15) is 0 Å². The maximum absolute atomic E-state index is 13.8. The fraction of sp³-hybridized carbons (Fsp3) is 0.263. The molecular formula is C19H18FN5O. The molecule has 1 aliphatic carbocycles. The van der Waals surface area contributed by atoms with Crippen molar-refractivity contribution in [3.05, 3.63) is 60.2 Å². The lowest BCUT2D eigenvalue weighted by Gasteiger charge is -2.39. The lowest BCUT2D eigenvalue weighted by molar-refractivity contribution is 0.0850. The number of nitrogens with one attached hydrogen (secondary N) is 1. The van der Waals surface area contributed by atoms with E-state index in [-0.39, 0.29) is 17.1 Å². The highest BCUT2D eigenvalue weighted by Crippen LogP contribution is 2.31. The van der Waals surface area contributed by atoms with Crippen LogP contribution in [0.25, 0.3) is 17.1 Å². The van der Waals surface area contributed by atoms with Crippen LogP contribution in [0.4, 0.5) is 4.39 Å². The van der Waals surface area contributed by atoms with Gasteiger partial charge in [0.2, 0.25) is 0 Å². The summed E-state index contributed by atoms with van der Waals surface area (Å²) >= 11 is 0. The Morgan fingerprint density at radius 1 is 1.23 bits per heavy atom. The third-order valence-corrected chi connectivity index (χ3v) is 4.76. The standard InChI is InChI=1S/C19H18FN5O/c1-19(9-3-10-19)22-18(26)13-5-7-14(8-6-13)25-12-16(23-24-25)17-15(20)4-2-11-21-17/h2,4-8,11-12H,3,9-10H2,1H3,(H,22,26). The van der Waals surface area contributed by atoms with Crippen molar-refractivity contribution in [1.82, 2.24) is 25.3 Å². The molecule has 1 aliphatic rings. The normalized spacial score (nSPS) is 15.3. The fourth-order valence-electron chi connectivity index (χ4n) is 3.02. The third-order valence-electron chi connectivity index (χ3n) is 4.76. The summed E-state index contributed by atoms with van der Waals surface area (Å²) in [7, 11) is 0. The van der Waals surface area contributed by atoms with E-state index in [1.54, 1.807) is 30.5 Å². The lowest BCUT2D eigenvalue weighted by Crippen LogP contribution is -2.50. The van der Waals surface area contributed by atoms with Gasteiger partial charge in [0.25, 0.3) is 5.91 Å². The molecule has 1 N–H and O–H groups in total. The summed E-state index contributed by atoms with van der Waals surface area (Å²) in [5.41, 5.74) is 1.75. The van der Waals surface area contributed by atoms with E-state index in [1.807, 2.05) is 0 Å². The summed E-state index contributed by atoms with van der Waals surface area (Å²) in [6, 6.07) is 9.91. The molecule has 3 aromatic rings. The van der Waals surface area contributed by atoms with Gasteiger partial charge in [0.05, 0.1) is 11.9 Å². The predicted octanol–water partition coefficient (Wildman–Crippen LogP) is 3.14. The van der Waals surface area contributed by atoms with Crippen LogP contribution in [-0.2, 0) is 0 Å². The second-order valence-corrected chi connectivity index (χ2v) is 6.80. The lowest BCUT2D eigenvalue weighted by atomic mass is 9.78. The number of halogens is 1. The van der Waals surface area contributed by atoms with Crippen molar-refractivity contribution in [2.75, 3.05) is 0 Å². The molecule has 1 amide bonds. The first-order chi connectivity index (χ1) is 12.5. The van der Waals surface area contributed by atoms with Crippen molar-refractivity contribution in [2.24, 2.45) is 0 Å². The monoisotopic (exact) mass is 351 g/mol. The highest BCUT2D eigenvalue weighted by atomic mass is 19.1. The molecule has 132 valence electrons. The molecular weight excluding hydrogens is 333 g/mol.